The van der Waals surface area contributed by atoms with Crippen molar-refractivity contribution < 1.29 is 13.3 Å². The van der Waals surface area contributed by atoms with Crippen LogP contribution in [0.3, 0.4) is 0 Å². The molecule has 1 aliphatic carbocycles. The minimum Gasteiger partial charge on any atom is -0.374 e. The van der Waals surface area contributed by atoms with Gasteiger partial charge in [0.05, 0.1) is 0 Å². The second-order valence-corrected chi connectivity index (χ2v) is 9.08. The van der Waals surface area contributed by atoms with E-state index in [0.29, 0.717) is 25.4 Å². The minimum atomic E-state index is -2.60. The van der Waals surface area contributed by atoms with Gasteiger partial charge in [-0.15, -0.1) is 0 Å². The van der Waals surface area contributed by atoms with Crippen LogP contribution in [0.2, 0.25) is 5.54 Å². The molecule has 23 heavy (non-hydrogen) atoms. The van der Waals surface area contributed by atoms with Gasteiger partial charge in [0.25, 0.3) is 0 Å². The van der Waals surface area contributed by atoms with Crippen molar-refractivity contribution in [2.75, 3.05) is 26.4 Å². The first kappa shape index (κ1) is 20.8. The van der Waals surface area contributed by atoms with Gasteiger partial charge in [-0.1, -0.05) is 19.8 Å². The second-order valence-electron chi connectivity index (χ2n) is 6.19. The molecule has 0 heterocycles. The van der Waals surface area contributed by atoms with Crippen LogP contribution >= 0.6 is 0 Å². The predicted octanol–water partition coefficient (Wildman–Crippen LogP) is 5.00. The first-order valence-corrected chi connectivity index (χ1v) is 11.5. The van der Waals surface area contributed by atoms with E-state index in [-0.39, 0.29) is 0 Å². The molecule has 1 atom stereocenters. The fourth-order valence-electron chi connectivity index (χ4n) is 3.42. The number of nitrogens with zero attached hydrogens (tertiary/aromatic N) is 1. The predicted molar refractivity (Wildman–Crippen MR) is 99.3 cm³/mol. The Bertz CT molecular complexity index is 311. The first-order chi connectivity index (χ1) is 11.2. The van der Waals surface area contributed by atoms with E-state index in [4.69, 9.17) is 18.3 Å². The van der Waals surface area contributed by atoms with Gasteiger partial charge >= 0.3 is 8.80 Å². The van der Waals surface area contributed by atoms with Gasteiger partial charge in [-0.3, -0.25) is 4.99 Å². The first-order valence-electron chi connectivity index (χ1n) is 9.66. The van der Waals surface area contributed by atoms with Gasteiger partial charge in [-0.05, 0) is 59.3 Å². The summed E-state index contributed by atoms with van der Waals surface area (Å²) in [4.78, 5) is 4.87. The molecule has 0 aromatic rings. The summed E-state index contributed by atoms with van der Waals surface area (Å²) >= 11 is 0. The monoisotopic (exact) mass is 343 g/mol. The Morgan fingerprint density at radius 3 is 1.91 bits per heavy atom. The smallest absolute Gasteiger partial charge is 0.374 e. The molecule has 0 radical (unpaired) electrons. The Balaban J connectivity index is 2.73. The van der Waals surface area contributed by atoms with E-state index in [2.05, 4.69) is 6.92 Å². The molecule has 1 aliphatic rings. The molecule has 136 valence electrons. The molecule has 4 nitrogen and oxygen atoms in total. The summed E-state index contributed by atoms with van der Waals surface area (Å²) in [5, 5.41) is 0. The molecule has 1 unspecified atom stereocenters. The molecule has 1 rings (SSSR count). The highest BCUT2D eigenvalue weighted by molar-refractivity contribution is 6.62. The van der Waals surface area contributed by atoms with Crippen molar-refractivity contribution in [3.05, 3.63) is 0 Å². The van der Waals surface area contributed by atoms with Crippen molar-refractivity contribution >= 4 is 14.5 Å². The van der Waals surface area contributed by atoms with Gasteiger partial charge in [-0.25, -0.2) is 0 Å². The molecule has 0 spiro atoms. The molecular formula is C18H37NO3Si. The Morgan fingerprint density at radius 2 is 1.43 bits per heavy atom. The third kappa shape index (κ3) is 7.04. The lowest BCUT2D eigenvalue weighted by molar-refractivity contribution is 0.0587. The molecule has 0 aromatic heterocycles. The third-order valence-corrected chi connectivity index (χ3v) is 8.07. The highest BCUT2D eigenvalue weighted by Crippen LogP contribution is 2.33. The summed E-state index contributed by atoms with van der Waals surface area (Å²) in [6.07, 6.45) is 9.63. The lowest BCUT2D eigenvalue weighted by Gasteiger charge is -2.35. The van der Waals surface area contributed by atoms with Gasteiger partial charge in [0.1, 0.15) is 0 Å². The van der Waals surface area contributed by atoms with E-state index in [1.807, 2.05) is 20.8 Å². The van der Waals surface area contributed by atoms with E-state index in [0.717, 1.165) is 25.8 Å². The van der Waals surface area contributed by atoms with Crippen molar-refractivity contribution in [1.82, 2.24) is 0 Å². The van der Waals surface area contributed by atoms with E-state index in [9.17, 15) is 0 Å². The molecule has 1 saturated carbocycles. The molecule has 5 heteroatoms. The fraction of sp³-hybridized carbons (Fsp3) is 0.944. The summed E-state index contributed by atoms with van der Waals surface area (Å²) in [5.74, 6) is 0. The van der Waals surface area contributed by atoms with Crippen LogP contribution in [-0.4, -0.2) is 40.9 Å². The highest BCUT2D eigenvalue weighted by atomic mass is 28.4. The zero-order chi connectivity index (χ0) is 17.0. The van der Waals surface area contributed by atoms with Gasteiger partial charge < -0.3 is 13.3 Å². The standard InChI is InChI=1S/C18H37NO3Si/c1-5-12-18(15-16-19-17-13-10-9-11-14-17)23(20-6-2,21-7-3)22-8-4/h18H,5-16H2,1-4H3. The summed E-state index contributed by atoms with van der Waals surface area (Å²) < 4.78 is 18.3. The van der Waals surface area contributed by atoms with Crippen LogP contribution in [0, 0.1) is 0 Å². The molecule has 0 aliphatic heterocycles. The zero-order valence-electron chi connectivity index (χ0n) is 15.7. The third-order valence-electron chi connectivity index (χ3n) is 4.42. The van der Waals surface area contributed by atoms with Crippen molar-refractivity contribution in [3.63, 3.8) is 0 Å². The molecule has 0 N–H and O–H groups in total. The van der Waals surface area contributed by atoms with Crippen LogP contribution in [0.25, 0.3) is 0 Å². The van der Waals surface area contributed by atoms with Gasteiger partial charge in [0.15, 0.2) is 0 Å². The van der Waals surface area contributed by atoms with Gasteiger partial charge in [0.2, 0.25) is 0 Å². The quantitative estimate of drug-likeness (QED) is 0.468. The SMILES string of the molecule is CCCC(CCN=C1CCCCC1)[Si](OCC)(OCC)OCC. The number of hydrogen-bond donors (Lipinski definition) is 0. The molecule has 1 fully saturated rings. The average molecular weight is 344 g/mol. The van der Waals surface area contributed by atoms with E-state index in [1.54, 1.807) is 0 Å². The molecule has 0 bridgehead atoms. The van der Waals surface area contributed by atoms with Gasteiger partial charge in [0, 0.05) is 37.6 Å². The average Bonchev–Trinajstić information content (AvgIpc) is 2.56. The number of rotatable bonds is 12. The Labute approximate surface area is 144 Å². The van der Waals surface area contributed by atoms with Crippen molar-refractivity contribution in [3.8, 4) is 0 Å². The van der Waals surface area contributed by atoms with Crippen LogP contribution in [0.15, 0.2) is 4.99 Å². The van der Waals surface area contributed by atoms with Gasteiger partial charge in [-0.2, -0.15) is 0 Å². The number of hydrogen-bond acceptors (Lipinski definition) is 4. The Morgan fingerprint density at radius 1 is 0.870 bits per heavy atom. The van der Waals surface area contributed by atoms with Crippen LogP contribution in [-0.2, 0) is 13.3 Å². The van der Waals surface area contributed by atoms with E-state index in [1.165, 1.54) is 37.8 Å². The Kier molecular flexibility index (Phi) is 11.0. The van der Waals surface area contributed by atoms with Crippen molar-refractivity contribution in [2.24, 2.45) is 4.99 Å². The maximum Gasteiger partial charge on any atom is 0.504 e. The molecule has 0 aromatic carbocycles. The summed E-state index contributed by atoms with van der Waals surface area (Å²) in [6, 6.07) is 0. The normalized spacial score (nSPS) is 17.3. The van der Waals surface area contributed by atoms with Crippen LogP contribution in [0.5, 0.6) is 0 Å². The Hall–Kier alpha value is -0.233. The second kappa shape index (κ2) is 12.2. The number of aliphatic imine (C=N–C) groups is 1. The van der Waals surface area contributed by atoms with Crippen LogP contribution in [0.4, 0.5) is 0 Å². The molecule has 0 amide bonds. The topological polar surface area (TPSA) is 40.0 Å². The molecule has 0 saturated heterocycles. The summed E-state index contributed by atoms with van der Waals surface area (Å²) in [6.45, 7) is 11.2. The van der Waals surface area contributed by atoms with Crippen molar-refractivity contribution in [2.45, 2.75) is 84.6 Å². The lowest BCUT2D eigenvalue weighted by atomic mass is 9.98. The largest absolute Gasteiger partial charge is 0.504 e. The maximum atomic E-state index is 6.11. The maximum absolute atomic E-state index is 6.11. The molecular weight excluding hydrogens is 306 g/mol. The van der Waals surface area contributed by atoms with Crippen molar-refractivity contribution in [1.29, 1.82) is 0 Å². The van der Waals surface area contributed by atoms with E-state index < -0.39 is 8.80 Å². The summed E-state index contributed by atoms with van der Waals surface area (Å²) in [7, 11) is -2.60. The summed E-state index contributed by atoms with van der Waals surface area (Å²) in [5.41, 5.74) is 1.78. The minimum absolute atomic E-state index is 0.361. The fourth-order valence-corrected chi connectivity index (χ4v) is 6.71. The van der Waals surface area contributed by atoms with Crippen LogP contribution in [0.1, 0.15) is 79.1 Å². The van der Waals surface area contributed by atoms with E-state index >= 15 is 0 Å². The zero-order valence-corrected chi connectivity index (χ0v) is 16.7. The van der Waals surface area contributed by atoms with Crippen LogP contribution < -0.4 is 0 Å². The lowest BCUT2D eigenvalue weighted by Crippen LogP contribution is -2.50. The highest BCUT2D eigenvalue weighted by Gasteiger charge is 2.48.